The van der Waals surface area contributed by atoms with Crippen LogP contribution in [0.4, 0.5) is 0 Å². The van der Waals surface area contributed by atoms with Crippen molar-refractivity contribution in [3.8, 4) is 0 Å². The molecule has 6 heteroatoms. The Bertz CT molecular complexity index is 397. The minimum Gasteiger partial charge on any atom is -0.481 e. The molecule has 1 unspecified atom stereocenters. The summed E-state index contributed by atoms with van der Waals surface area (Å²) in [4.78, 5) is 12.9. The summed E-state index contributed by atoms with van der Waals surface area (Å²) in [5.41, 5.74) is 0. The lowest BCUT2D eigenvalue weighted by Crippen LogP contribution is -2.42. The first kappa shape index (κ1) is 15.4. The van der Waals surface area contributed by atoms with E-state index in [2.05, 4.69) is 0 Å². The number of rotatable bonds is 4. The highest BCUT2D eigenvalue weighted by Gasteiger charge is 2.31. The molecule has 106 valence electrons. The Kier molecular flexibility index (Phi) is 4.78. The average Bonchev–Trinajstić information content (AvgIpc) is 2.25. The maximum Gasteiger partial charge on any atom is 0.307 e. The van der Waals surface area contributed by atoms with E-state index in [4.69, 9.17) is 5.11 Å². The third-order valence-corrected chi connectivity index (χ3v) is 6.05. The average molecular weight is 277 g/mol. The van der Waals surface area contributed by atoms with Crippen LogP contribution in [0, 0.1) is 5.92 Å². The predicted molar refractivity (Wildman–Crippen MR) is 70.3 cm³/mol. The van der Waals surface area contributed by atoms with Crippen LogP contribution in [-0.4, -0.2) is 54.5 Å². The van der Waals surface area contributed by atoms with Crippen molar-refractivity contribution in [2.45, 2.75) is 38.4 Å². The Morgan fingerprint density at radius 3 is 2.50 bits per heavy atom. The van der Waals surface area contributed by atoms with Crippen molar-refractivity contribution in [1.82, 2.24) is 4.90 Å². The predicted octanol–water partition coefficient (Wildman–Crippen LogP) is 0.996. The molecule has 1 N–H and O–H groups in total. The third-order valence-electron chi connectivity index (χ3n) is 3.46. The van der Waals surface area contributed by atoms with Gasteiger partial charge in [0.25, 0.3) is 0 Å². The largest absolute Gasteiger partial charge is 0.481 e. The molecule has 0 aliphatic carbocycles. The van der Waals surface area contributed by atoms with Gasteiger partial charge in [-0.05, 0) is 40.2 Å². The molecule has 1 fully saturated rings. The van der Waals surface area contributed by atoms with Crippen LogP contribution in [0.25, 0.3) is 0 Å². The SMILES string of the molecule is CC(C)(C)S(=O)(=O)CCN1CCCC(C(=O)O)C1. The zero-order valence-corrected chi connectivity index (χ0v) is 12.2. The van der Waals surface area contributed by atoms with Crippen LogP contribution in [0.1, 0.15) is 33.6 Å². The van der Waals surface area contributed by atoms with E-state index in [1.54, 1.807) is 20.8 Å². The first-order chi connectivity index (χ1) is 8.13. The number of nitrogens with zero attached hydrogens (tertiary/aromatic N) is 1. The van der Waals surface area contributed by atoms with Crippen molar-refractivity contribution >= 4 is 15.8 Å². The van der Waals surface area contributed by atoms with Gasteiger partial charge in [-0.25, -0.2) is 8.42 Å². The van der Waals surface area contributed by atoms with Gasteiger partial charge in [0.2, 0.25) is 0 Å². The van der Waals surface area contributed by atoms with Crippen LogP contribution in [0.3, 0.4) is 0 Å². The quantitative estimate of drug-likeness (QED) is 0.829. The number of carbonyl (C=O) groups is 1. The highest BCUT2D eigenvalue weighted by molar-refractivity contribution is 7.92. The van der Waals surface area contributed by atoms with Gasteiger partial charge in [0, 0.05) is 13.1 Å². The lowest BCUT2D eigenvalue weighted by molar-refractivity contribution is -0.143. The maximum atomic E-state index is 12.0. The van der Waals surface area contributed by atoms with Crippen LogP contribution < -0.4 is 0 Å². The molecule has 0 aromatic heterocycles. The molecular weight excluding hydrogens is 254 g/mol. The van der Waals surface area contributed by atoms with E-state index in [0.29, 0.717) is 19.5 Å². The van der Waals surface area contributed by atoms with Crippen LogP contribution in [-0.2, 0) is 14.6 Å². The fourth-order valence-electron chi connectivity index (χ4n) is 2.02. The molecule has 1 aliphatic heterocycles. The summed E-state index contributed by atoms with van der Waals surface area (Å²) in [6.45, 7) is 6.78. The molecule has 0 bridgehead atoms. The minimum atomic E-state index is -3.12. The summed E-state index contributed by atoms with van der Waals surface area (Å²) in [5, 5.41) is 8.97. The van der Waals surface area contributed by atoms with E-state index in [1.807, 2.05) is 4.90 Å². The summed E-state index contributed by atoms with van der Waals surface area (Å²) in [5.74, 6) is -1.03. The molecule has 1 heterocycles. The van der Waals surface area contributed by atoms with Gasteiger partial charge in [-0.15, -0.1) is 0 Å². The normalized spacial score (nSPS) is 22.9. The van der Waals surface area contributed by atoms with Gasteiger partial charge in [-0.1, -0.05) is 0 Å². The molecule has 0 spiro atoms. The van der Waals surface area contributed by atoms with E-state index in [-0.39, 0.29) is 11.7 Å². The van der Waals surface area contributed by atoms with Crippen molar-refractivity contribution in [3.05, 3.63) is 0 Å². The molecule has 0 aromatic carbocycles. The second-order valence-electron chi connectivity index (χ2n) is 5.91. The Morgan fingerprint density at radius 1 is 1.39 bits per heavy atom. The number of carboxylic acids is 1. The van der Waals surface area contributed by atoms with Gasteiger partial charge < -0.3 is 10.0 Å². The fourth-order valence-corrected chi connectivity index (χ4v) is 3.13. The number of hydrogen-bond donors (Lipinski definition) is 1. The van der Waals surface area contributed by atoms with Gasteiger partial charge in [-0.3, -0.25) is 4.79 Å². The van der Waals surface area contributed by atoms with Crippen molar-refractivity contribution in [2.24, 2.45) is 5.92 Å². The Balaban J connectivity index is 2.52. The topological polar surface area (TPSA) is 74.7 Å². The molecule has 1 atom stereocenters. The van der Waals surface area contributed by atoms with E-state index < -0.39 is 20.6 Å². The number of aliphatic carboxylic acids is 1. The number of carboxylic acid groups (broad SMARTS) is 1. The van der Waals surface area contributed by atoms with Crippen LogP contribution in [0.5, 0.6) is 0 Å². The Morgan fingerprint density at radius 2 is 2.00 bits per heavy atom. The van der Waals surface area contributed by atoms with Gasteiger partial charge in [-0.2, -0.15) is 0 Å². The Hall–Kier alpha value is -0.620. The zero-order valence-electron chi connectivity index (χ0n) is 11.3. The molecule has 18 heavy (non-hydrogen) atoms. The van der Waals surface area contributed by atoms with Gasteiger partial charge in [0.05, 0.1) is 16.4 Å². The summed E-state index contributed by atoms with van der Waals surface area (Å²) in [6, 6.07) is 0. The first-order valence-electron chi connectivity index (χ1n) is 6.31. The standard InChI is InChI=1S/C12H23NO4S/c1-12(2,3)18(16,17)8-7-13-6-4-5-10(9-13)11(14)15/h10H,4-9H2,1-3H3,(H,14,15). The Labute approximate surface area is 109 Å². The summed E-state index contributed by atoms with van der Waals surface area (Å²) in [7, 11) is -3.12. The van der Waals surface area contributed by atoms with Crippen molar-refractivity contribution in [1.29, 1.82) is 0 Å². The monoisotopic (exact) mass is 277 g/mol. The molecular formula is C12H23NO4S. The summed E-state index contributed by atoms with van der Waals surface area (Å²) >= 11 is 0. The van der Waals surface area contributed by atoms with Crippen molar-refractivity contribution in [3.63, 3.8) is 0 Å². The summed E-state index contributed by atoms with van der Waals surface area (Å²) in [6.07, 6.45) is 1.52. The number of piperidine rings is 1. The molecule has 0 radical (unpaired) electrons. The minimum absolute atomic E-state index is 0.100. The first-order valence-corrected chi connectivity index (χ1v) is 7.96. The van der Waals surface area contributed by atoms with Crippen molar-refractivity contribution < 1.29 is 18.3 Å². The molecule has 0 aromatic rings. The second-order valence-corrected chi connectivity index (χ2v) is 8.77. The highest BCUT2D eigenvalue weighted by atomic mass is 32.2. The van der Waals surface area contributed by atoms with Crippen LogP contribution in [0.15, 0.2) is 0 Å². The van der Waals surface area contributed by atoms with Crippen LogP contribution in [0.2, 0.25) is 0 Å². The fraction of sp³-hybridized carbons (Fsp3) is 0.917. The molecule has 1 saturated heterocycles. The lowest BCUT2D eigenvalue weighted by atomic mass is 9.98. The van der Waals surface area contributed by atoms with E-state index in [1.165, 1.54) is 0 Å². The van der Waals surface area contributed by atoms with Gasteiger partial charge >= 0.3 is 5.97 Å². The van der Waals surface area contributed by atoms with E-state index in [0.717, 1.165) is 13.0 Å². The lowest BCUT2D eigenvalue weighted by Gasteiger charge is -2.31. The zero-order chi connectivity index (χ0) is 14.0. The molecule has 1 rings (SSSR count). The number of sulfone groups is 1. The second kappa shape index (κ2) is 5.57. The molecule has 1 aliphatic rings. The molecule has 0 saturated carbocycles. The van der Waals surface area contributed by atoms with E-state index in [9.17, 15) is 13.2 Å². The van der Waals surface area contributed by atoms with Crippen molar-refractivity contribution in [2.75, 3.05) is 25.4 Å². The third kappa shape index (κ3) is 3.95. The highest BCUT2D eigenvalue weighted by Crippen LogP contribution is 2.19. The van der Waals surface area contributed by atoms with Gasteiger partial charge in [0.15, 0.2) is 9.84 Å². The number of likely N-dealkylation sites (tertiary alicyclic amines) is 1. The molecule has 0 amide bonds. The van der Waals surface area contributed by atoms with E-state index >= 15 is 0 Å². The summed E-state index contributed by atoms with van der Waals surface area (Å²) < 4.78 is 23.2. The smallest absolute Gasteiger partial charge is 0.307 e. The number of hydrogen-bond acceptors (Lipinski definition) is 4. The van der Waals surface area contributed by atoms with Gasteiger partial charge in [0.1, 0.15) is 0 Å². The van der Waals surface area contributed by atoms with Crippen LogP contribution >= 0.6 is 0 Å². The maximum absolute atomic E-state index is 12.0. The molecule has 5 nitrogen and oxygen atoms in total.